The Hall–Kier alpha value is -3.66. The van der Waals surface area contributed by atoms with Gasteiger partial charge in [-0.3, -0.25) is 0 Å². The van der Waals surface area contributed by atoms with Crippen LogP contribution in [0.1, 0.15) is 27.7 Å². The first-order valence-electron chi connectivity index (χ1n) is 10.5. The Kier molecular flexibility index (Phi) is 9.42. The molecule has 0 saturated carbocycles. The predicted molar refractivity (Wildman–Crippen MR) is 139 cm³/mol. The molecule has 0 aliphatic carbocycles. The molecular formula is C30H28OSi. The molecule has 0 aliphatic rings. The van der Waals surface area contributed by atoms with E-state index < -0.39 is 14.2 Å². The molecule has 1 nitrogen and oxygen atoms in total. The van der Waals surface area contributed by atoms with Gasteiger partial charge in [0.05, 0.1) is 6.10 Å². The molecule has 0 aromatic heterocycles. The van der Waals surface area contributed by atoms with Gasteiger partial charge >= 0.3 is 0 Å². The summed E-state index contributed by atoms with van der Waals surface area (Å²) in [4.78, 5) is 0. The SMILES string of the molecule is C[C@H](O)/C=C/C=C/C#CC#CC#CC#C[Si](c1ccccc1)(c1ccccc1)C(C)(C)C. The maximum Gasteiger partial charge on any atom is 0.205 e. The lowest BCUT2D eigenvalue weighted by Crippen LogP contribution is -2.63. The van der Waals surface area contributed by atoms with Gasteiger partial charge in [-0.2, -0.15) is 0 Å². The molecule has 0 aliphatic heterocycles. The van der Waals surface area contributed by atoms with E-state index >= 15 is 0 Å². The number of hydrogen-bond acceptors (Lipinski definition) is 1. The number of aliphatic hydroxyl groups excluding tert-OH is 1. The highest BCUT2D eigenvalue weighted by molar-refractivity contribution is 7.10. The number of benzene rings is 2. The molecular weight excluding hydrogens is 404 g/mol. The quantitative estimate of drug-likeness (QED) is 0.438. The Labute approximate surface area is 194 Å². The second-order valence-corrected chi connectivity index (χ2v) is 12.6. The molecule has 0 spiro atoms. The fourth-order valence-electron chi connectivity index (χ4n) is 3.40. The summed E-state index contributed by atoms with van der Waals surface area (Å²) in [5.74, 6) is 19.8. The van der Waals surface area contributed by atoms with Crippen LogP contribution in [0.25, 0.3) is 0 Å². The average molecular weight is 433 g/mol. The van der Waals surface area contributed by atoms with Gasteiger partial charge in [-0.25, -0.2) is 0 Å². The summed E-state index contributed by atoms with van der Waals surface area (Å²) in [7, 11) is -2.42. The van der Waals surface area contributed by atoms with Crippen LogP contribution in [0.3, 0.4) is 0 Å². The molecule has 2 rings (SSSR count). The second-order valence-electron chi connectivity index (χ2n) is 8.24. The molecule has 1 N–H and O–H groups in total. The Balaban J connectivity index is 2.33. The van der Waals surface area contributed by atoms with Crippen LogP contribution < -0.4 is 10.4 Å². The summed E-state index contributed by atoms with van der Waals surface area (Å²) in [6.07, 6.45) is 6.37. The summed E-state index contributed by atoms with van der Waals surface area (Å²) < 4.78 is 0. The van der Waals surface area contributed by atoms with Crippen molar-refractivity contribution in [2.45, 2.75) is 38.8 Å². The Morgan fingerprint density at radius 3 is 1.75 bits per heavy atom. The van der Waals surface area contributed by atoms with E-state index in [0.717, 1.165) is 0 Å². The first-order chi connectivity index (χ1) is 15.4. The van der Waals surface area contributed by atoms with Crippen LogP contribution in [0.15, 0.2) is 85.0 Å². The highest BCUT2D eigenvalue weighted by Gasteiger charge is 2.46. The van der Waals surface area contributed by atoms with Gasteiger partial charge in [0.1, 0.15) is 0 Å². The van der Waals surface area contributed by atoms with E-state index in [0.29, 0.717) is 0 Å². The molecule has 2 aromatic rings. The number of aliphatic hydroxyl groups is 1. The molecule has 0 unspecified atom stereocenters. The van der Waals surface area contributed by atoms with Gasteiger partial charge in [-0.15, -0.1) is 5.54 Å². The summed E-state index contributed by atoms with van der Waals surface area (Å²) in [6.45, 7) is 8.48. The average Bonchev–Trinajstić information content (AvgIpc) is 2.77. The van der Waals surface area contributed by atoms with Crippen molar-refractivity contribution in [3.8, 4) is 47.0 Å². The van der Waals surface area contributed by atoms with Crippen molar-refractivity contribution in [2.24, 2.45) is 0 Å². The molecule has 0 bridgehead atoms. The zero-order valence-corrected chi connectivity index (χ0v) is 20.1. The van der Waals surface area contributed by atoms with Crippen LogP contribution >= 0.6 is 0 Å². The Bertz CT molecular complexity index is 1140. The van der Waals surface area contributed by atoms with Crippen molar-refractivity contribution in [1.82, 2.24) is 0 Å². The normalized spacial score (nSPS) is 11.8. The van der Waals surface area contributed by atoms with Gasteiger partial charge in [0, 0.05) is 0 Å². The molecule has 32 heavy (non-hydrogen) atoms. The van der Waals surface area contributed by atoms with Gasteiger partial charge in [0.25, 0.3) is 0 Å². The third-order valence-corrected chi connectivity index (χ3v) is 10.0. The fraction of sp³-hybridized carbons (Fsp3) is 0.200. The lowest BCUT2D eigenvalue weighted by Gasteiger charge is -2.39. The third-order valence-electron chi connectivity index (χ3n) is 4.85. The molecule has 0 heterocycles. The topological polar surface area (TPSA) is 20.2 Å². The van der Waals surface area contributed by atoms with Gasteiger partial charge in [0.2, 0.25) is 8.07 Å². The minimum atomic E-state index is -2.42. The zero-order chi connectivity index (χ0) is 23.3. The Morgan fingerprint density at radius 2 is 1.25 bits per heavy atom. The van der Waals surface area contributed by atoms with Crippen molar-refractivity contribution in [1.29, 1.82) is 0 Å². The van der Waals surface area contributed by atoms with Gasteiger partial charge < -0.3 is 5.11 Å². The molecule has 0 fully saturated rings. The monoisotopic (exact) mass is 432 g/mol. The Morgan fingerprint density at radius 1 is 0.750 bits per heavy atom. The highest BCUT2D eigenvalue weighted by atomic mass is 28.3. The molecule has 0 amide bonds. The number of hydrogen-bond donors (Lipinski definition) is 1. The molecule has 2 heteroatoms. The minimum Gasteiger partial charge on any atom is -0.389 e. The zero-order valence-electron chi connectivity index (χ0n) is 19.1. The van der Waals surface area contributed by atoms with Crippen LogP contribution in [0, 0.1) is 47.0 Å². The third kappa shape index (κ3) is 6.95. The van der Waals surface area contributed by atoms with E-state index in [1.165, 1.54) is 10.4 Å². The van der Waals surface area contributed by atoms with Crippen molar-refractivity contribution >= 4 is 18.4 Å². The fourth-order valence-corrected chi connectivity index (χ4v) is 7.76. The largest absolute Gasteiger partial charge is 0.389 e. The minimum absolute atomic E-state index is 0.0316. The molecule has 158 valence electrons. The van der Waals surface area contributed by atoms with Crippen LogP contribution in [0.4, 0.5) is 0 Å². The van der Waals surface area contributed by atoms with E-state index in [4.69, 9.17) is 5.11 Å². The molecule has 0 radical (unpaired) electrons. The van der Waals surface area contributed by atoms with E-state index in [2.05, 4.69) is 116 Å². The molecule has 1 atom stereocenters. The number of rotatable bonds is 4. The van der Waals surface area contributed by atoms with Gasteiger partial charge in [0.15, 0.2) is 0 Å². The predicted octanol–water partition coefficient (Wildman–Crippen LogP) is 4.10. The molecule has 0 saturated heterocycles. The lowest BCUT2D eigenvalue weighted by molar-refractivity contribution is 0.244. The molecule has 2 aromatic carbocycles. The summed E-state index contributed by atoms with van der Waals surface area (Å²) >= 11 is 0. The van der Waals surface area contributed by atoms with Crippen LogP contribution in [-0.2, 0) is 0 Å². The smallest absolute Gasteiger partial charge is 0.205 e. The van der Waals surface area contributed by atoms with Gasteiger partial charge in [-0.05, 0) is 63.9 Å². The van der Waals surface area contributed by atoms with Crippen LogP contribution in [-0.4, -0.2) is 19.3 Å². The van der Waals surface area contributed by atoms with Crippen LogP contribution in [0.2, 0.25) is 5.04 Å². The standard InChI is InChI=1S/C30H28OSi/c1-27(31)21-15-11-9-7-5-6-8-10-12-20-26-32(30(2,3)4,28-22-16-13-17-23-28)29-24-18-14-19-25-29/h9,11,13-19,21-25,27,31H,1-4H3/b11-9+,21-15+/t27-/m0/s1. The first-order valence-corrected chi connectivity index (χ1v) is 12.5. The highest BCUT2D eigenvalue weighted by Crippen LogP contribution is 2.35. The lowest BCUT2D eigenvalue weighted by atomic mass is 10.2. The van der Waals surface area contributed by atoms with Gasteiger partial charge in [-0.1, -0.05) is 106 Å². The maximum atomic E-state index is 9.12. The summed E-state index contributed by atoms with van der Waals surface area (Å²) in [5.41, 5.74) is 3.61. The van der Waals surface area contributed by atoms with Crippen LogP contribution in [0.5, 0.6) is 0 Å². The van der Waals surface area contributed by atoms with E-state index in [1.54, 1.807) is 31.2 Å². The summed E-state index contributed by atoms with van der Waals surface area (Å²) in [5, 5.41) is 11.6. The summed E-state index contributed by atoms with van der Waals surface area (Å²) in [6, 6.07) is 21.2. The van der Waals surface area contributed by atoms with Crippen molar-refractivity contribution < 1.29 is 5.11 Å². The van der Waals surface area contributed by atoms with Crippen molar-refractivity contribution in [3.63, 3.8) is 0 Å². The van der Waals surface area contributed by atoms with E-state index in [-0.39, 0.29) is 5.04 Å². The van der Waals surface area contributed by atoms with E-state index in [9.17, 15) is 0 Å². The maximum absolute atomic E-state index is 9.12. The van der Waals surface area contributed by atoms with Crippen molar-refractivity contribution in [2.75, 3.05) is 0 Å². The van der Waals surface area contributed by atoms with Crippen molar-refractivity contribution in [3.05, 3.63) is 85.0 Å². The van der Waals surface area contributed by atoms with E-state index in [1.807, 2.05) is 12.1 Å². The first kappa shape index (κ1) is 24.6. The number of allylic oxidation sites excluding steroid dienone is 3. The second kappa shape index (κ2) is 12.3.